The maximum absolute atomic E-state index is 3.61. The summed E-state index contributed by atoms with van der Waals surface area (Å²) in [6.45, 7) is 0. The largest absolute Gasteiger partial charge is 0.0836 e. The van der Waals surface area contributed by atoms with Gasteiger partial charge in [0.05, 0.1) is 0 Å². The molecule has 0 fully saturated rings. The molecule has 0 saturated carbocycles. The van der Waals surface area contributed by atoms with Crippen LogP contribution in [0.2, 0.25) is 0 Å². The summed E-state index contributed by atoms with van der Waals surface area (Å²) < 4.78 is 1.18. The maximum atomic E-state index is 3.61. The van der Waals surface area contributed by atoms with Crippen LogP contribution in [0, 0.1) is 0 Å². The third-order valence-corrected chi connectivity index (χ3v) is 4.83. The van der Waals surface area contributed by atoms with Crippen molar-refractivity contribution in [2.75, 3.05) is 0 Å². The lowest BCUT2D eigenvalue weighted by Gasteiger charge is -2.25. The van der Waals surface area contributed by atoms with Crippen LogP contribution in [0.4, 0.5) is 0 Å². The zero-order valence-corrected chi connectivity index (χ0v) is 12.3. The summed E-state index contributed by atoms with van der Waals surface area (Å²) in [7, 11) is 0. The second-order valence-electron chi connectivity index (χ2n) is 5.40. The van der Waals surface area contributed by atoms with E-state index in [-0.39, 0.29) is 0 Å². The number of hydrogen-bond donors (Lipinski definition) is 0. The molecule has 2 aliphatic carbocycles. The molecule has 94 valence electrons. The van der Waals surface area contributed by atoms with Gasteiger partial charge in [0.1, 0.15) is 0 Å². The molecular weight excluding hydrogens is 296 g/mol. The van der Waals surface area contributed by atoms with Gasteiger partial charge in [-0.3, -0.25) is 0 Å². The first-order valence-corrected chi connectivity index (χ1v) is 7.72. The quantitative estimate of drug-likeness (QED) is 0.629. The van der Waals surface area contributed by atoms with E-state index in [2.05, 4.69) is 58.4 Å². The van der Waals surface area contributed by atoms with Crippen molar-refractivity contribution in [3.63, 3.8) is 0 Å². The fourth-order valence-corrected chi connectivity index (χ4v) is 3.78. The van der Waals surface area contributed by atoms with Crippen LogP contribution >= 0.6 is 15.9 Å². The van der Waals surface area contributed by atoms with Gasteiger partial charge in [0.15, 0.2) is 0 Å². The van der Waals surface area contributed by atoms with E-state index in [1.807, 2.05) is 0 Å². The molecule has 0 spiro atoms. The fraction of sp³-hybridized carbons (Fsp3) is 0.222. The average molecular weight is 311 g/mol. The molecule has 4 rings (SSSR count). The highest BCUT2D eigenvalue weighted by atomic mass is 79.9. The molecule has 0 heterocycles. The van der Waals surface area contributed by atoms with Crippen molar-refractivity contribution >= 4 is 22.0 Å². The zero-order chi connectivity index (χ0) is 12.8. The van der Waals surface area contributed by atoms with Gasteiger partial charge < -0.3 is 0 Å². The van der Waals surface area contributed by atoms with Gasteiger partial charge in [0, 0.05) is 4.47 Å². The van der Waals surface area contributed by atoms with E-state index in [0.717, 1.165) is 0 Å². The zero-order valence-electron chi connectivity index (χ0n) is 10.7. The SMILES string of the molecule is Brc1ccc2c(c1)-c1ccc3c(c1CC2)CCC=C3. The fourth-order valence-electron chi connectivity index (χ4n) is 3.42. The molecule has 0 unspecified atom stereocenters. The lowest BCUT2D eigenvalue weighted by molar-refractivity contribution is 0.887. The lowest BCUT2D eigenvalue weighted by atomic mass is 9.80. The summed E-state index contributed by atoms with van der Waals surface area (Å²) >= 11 is 3.61. The minimum absolute atomic E-state index is 1.18. The molecule has 0 aromatic heterocycles. The van der Waals surface area contributed by atoms with E-state index in [1.165, 1.54) is 52.4 Å². The molecule has 1 heteroatoms. The number of hydrogen-bond acceptors (Lipinski definition) is 0. The second-order valence-corrected chi connectivity index (χ2v) is 6.32. The van der Waals surface area contributed by atoms with Crippen molar-refractivity contribution in [2.45, 2.75) is 25.7 Å². The Kier molecular flexibility index (Phi) is 2.63. The molecule has 0 bridgehead atoms. The normalized spacial score (nSPS) is 15.6. The van der Waals surface area contributed by atoms with Gasteiger partial charge >= 0.3 is 0 Å². The van der Waals surface area contributed by atoms with Crippen LogP contribution in [0.25, 0.3) is 17.2 Å². The minimum atomic E-state index is 1.18. The second kappa shape index (κ2) is 4.35. The van der Waals surface area contributed by atoms with Gasteiger partial charge in [-0.25, -0.2) is 0 Å². The van der Waals surface area contributed by atoms with Crippen LogP contribution in [-0.4, -0.2) is 0 Å². The van der Waals surface area contributed by atoms with Gasteiger partial charge in [0.25, 0.3) is 0 Å². The molecule has 2 aromatic rings. The van der Waals surface area contributed by atoms with E-state index in [4.69, 9.17) is 0 Å². The Morgan fingerprint density at radius 2 is 1.79 bits per heavy atom. The predicted molar refractivity (Wildman–Crippen MR) is 84.3 cm³/mol. The standard InChI is InChI=1S/C18H15Br/c19-14-8-5-13-7-9-16-15-4-2-1-3-12(15)6-10-17(16)18(13)11-14/h1,3,5-6,8,10-11H,2,4,7,9H2. The number of halogens is 1. The first-order valence-electron chi connectivity index (χ1n) is 6.93. The third-order valence-electron chi connectivity index (χ3n) is 4.33. The molecule has 19 heavy (non-hydrogen) atoms. The first kappa shape index (κ1) is 11.5. The van der Waals surface area contributed by atoms with Crippen LogP contribution in [0.3, 0.4) is 0 Å². The van der Waals surface area contributed by atoms with Crippen LogP contribution < -0.4 is 0 Å². The highest BCUT2D eigenvalue weighted by Crippen LogP contribution is 2.39. The van der Waals surface area contributed by atoms with Crippen LogP contribution in [0.15, 0.2) is 40.9 Å². The molecule has 2 aliphatic rings. The van der Waals surface area contributed by atoms with Crippen LogP contribution in [0.1, 0.15) is 28.7 Å². The summed E-state index contributed by atoms with van der Waals surface area (Å²) in [5.74, 6) is 0. The molecule has 2 aromatic carbocycles. The van der Waals surface area contributed by atoms with Crippen molar-refractivity contribution in [3.05, 3.63) is 63.1 Å². The summed E-state index contributed by atoms with van der Waals surface area (Å²) in [5, 5.41) is 0. The molecule has 0 amide bonds. The van der Waals surface area contributed by atoms with Gasteiger partial charge in [-0.05, 0) is 71.2 Å². The van der Waals surface area contributed by atoms with Crippen molar-refractivity contribution in [3.8, 4) is 11.1 Å². The third kappa shape index (κ3) is 1.80. The minimum Gasteiger partial charge on any atom is -0.0836 e. The Hall–Kier alpha value is -1.34. The molecule has 0 radical (unpaired) electrons. The smallest absolute Gasteiger partial charge is 0.0181 e. The van der Waals surface area contributed by atoms with Crippen molar-refractivity contribution in [2.24, 2.45) is 0 Å². The van der Waals surface area contributed by atoms with E-state index < -0.39 is 0 Å². The number of aryl methyl sites for hydroxylation is 1. The number of allylic oxidation sites excluding steroid dienone is 1. The van der Waals surface area contributed by atoms with E-state index in [0.29, 0.717) is 0 Å². The van der Waals surface area contributed by atoms with E-state index in [9.17, 15) is 0 Å². The Balaban J connectivity index is 1.98. The Bertz CT molecular complexity index is 695. The van der Waals surface area contributed by atoms with Gasteiger partial charge in [-0.1, -0.05) is 46.3 Å². The summed E-state index contributed by atoms with van der Waals surface area (Å²) in [4.78, 5) is 0. The van der Waals surface area contributed by atoms with Gasteiger partial charge in [0.2, 0.25) is 0 Å². The van der Waals surface area contributed by atoms with Gasteiger partial charge in [-0.2, -0.15) is 0 Å². The molecule has 0 atom stereocenters. The monoisotopic (exact) mass is 310 g/mol. The molecule has 0 N–H and O–H groups in total. The van der Waals surface area contributed by atoms with E-state index in [1.54, 1.807) is 11.1 Å². The Morgan fingerprint density at radius 1 is 0.842 bits per heavy atom. The highest BCUT2D eigenvalue weighted by molar-refractivity contribution is 9.10. The predicted octanol–water partition coefficient (Wildman–Crippen LogP) is 5.17. The molecular formula is C18H15Br. The number of rotatable bonds is 0. The Morgan fingerprint density at radius 3 is 2.74 bits per heavy atom. The lowest BCUT2D eigenvalue weighted by Crippen LogP contribution is -2.09. The summed E-state index contributed by atoms with van der Waals surface area (Å²) in [5.41, 5.74) is 8.98. The molecule has 0 saturated heterocycles. The maximum Gasteiger partial charge on any atom is 0.0181 e. The van der Waals surface area contributed by atoms with Crippen molar-refractivity contribution in [1.82, 2.24) is 0 Å². The molecule has 0 nitrogen and oxygen atoms in total. The van der Waals surface area contributed by atoms with E-state index >= 15 is 0 Å². The number of benzene rings is 2. The summed E-state index contributed by atoms with van der Waals surface area (Å²) in [6.07, 6.45) is 9.35. The van der Waals surface area contributed by atoms with Crippen LogP contribution in [-0.2, 0) is 19.3 Å². The van der Waals surface area contributed by atoms with Crippen molar-refractivity contribution in [1.29, 1.82) is 0 Å². The average Bonchev–Trinajstić information content (AvgIpc) is 2.46. The topological polar surface area (TPSA) is 0 Å². The molecule has 0 aliphatic heterocycles. The Labute approximate surface area is 122 Å². The number of fused-ring (bicyclic) bond motifs is 5. The van der Waals surface area contributed by atoms with Crippen LogP contribution in [0.5, 0.6) is 0 Å². The van der Waals surface area contributed by atoms with Crippen molar-refractivity contribution < 1.29 is 0 Å². The van der Waals surface area contributed by atoms with Gasteiger partial charge in [-0.15, -0.1) is 0 Å². The first-order chi connectivity index (χ1) is 9.33. The summed E-state index contributed by atoms with van der Waals surface area (Å²) in [6, 6.07) is 11.3. The highest BCUT2D eigenvalue weighted by Gasteiger charge is 2.20.